The summed E-state index contributed by atoms with van der Waals surface area (Å²) in [6.45, 7) is 3.79. The Morgan fingerprint density at radius 1 is 1.24 bits per heavy atom. The zero-order valence-electron chi connectivity index (χ0n) is 9.34. The van der Waals surface area contributed by atoms with E-state index in [-0.39, 0.29) is 5.56 Å². The van der Waals surface area contributed by atoms with Crippen molar-refractivity contribution in [2.24, 2.45) is 0 Å². The molecule has 2 aromatic rings. The van der Waals surface area contributed by atoms with Gasteiger partial charge < -0.3 is 4.98 Å². The molecule has 0 fully saturated rings. The Morgan fingerprint density at radius 2 is 1.94 bits per heavy atom. The molecule has 1 aromatic carbocycles. The van der Waals surface area contributed by atoms with E-state index in [0.717, 1.165) is 15.6 Å². The minimum atomic E-state index is -0.158. The Balaban J connectivity index is 2.65. The average Bonchev–Trinajstić information content (AvgIpc) is 2.25. The first-order valence-corrected chi connectivity index (χ1v) is 6.60. The molecule has 0 amide bonds. The van der Waals surface area contributed by atoms with Crippen molar-refractivity contribution in [2.75, 3.05) is 0 Å². The number of halogens is 2. The molecule has 0 saturated carbocycles. The predicted molar refractivity (Wildman–Crippen MR) is 75.2 cm³/mol. The van der Waals surface area contributed by atoms with E-state index in [0.29, 0.717) is 16.0 Å². The van der Waals surface area contributed by atoms with Gasteiger partial charge in [-0.1, -0.05) is 15.9 Å². The number of rotatable bonds is 1. The zero-order chi connectivity index (χ0) is 12.6. The third kappa shape index (κ3) is 2.50. The maximum absolute atomic E-state index is 11.7. The molecule has 1 aromatic heterocycles. The summed E-state index contributed by atoms with van der Waals surface area (Å²) in [5, 5.41) is 0. The van der Waals surface area contributed by atoms with Crippen molar-refractivity contribution in [3.63, 3.8) is 0 Å². The molecule has 0 aliphatic rings. The summed E-state index contributed by atoms with van der Waals surface area (Å²) < 4.78 is 1.49. The van der Waals surface area contributed by atoms with Gasteiger partial charge in [0.25, 0.3) is 5.56 Å². The van der Waals surface area contributed by atoms with Crippen LogP contribution in [0.25, 0.3) is 11.4 Å². The van der Waals surface area contributed by atoms with E-state index in [2.05, 4.69) is 41.8 Å². The fourth-order valence-corrected chi connectivity index (χ4v) is 2.26. The first kappa shape index (κ1) is 12.5. The maximum atomic E-state index is 11.7. The smallest absolute Gasteiger partial charge is 0.265 e. The molecule has 1 N–H and O–H groups in total. The van der Waals surface area contributed by atoms with Crippen LogP contribution < -0.4 is 5.56 Å². The van der Waals surface area contributed by atoms with E-state index in [1.165, 1.54) is 0 Å². The van der Waals surface area contributed by atoms with Crippen molar-refractivity contribution in [3.8, 4) is 11.4 Å². The number of aryl methyl sites for hydroxylation is 2. The van der Waals surface area contributed by atoms with Crippen LogP contribution in [0.5, 0.6) is 0 Å². The number of hydrogen-bond donors (Lipinski definition) is 1. The van der Waals surface area contributed by atoms with Gasteiger partial charge in [0.1, 0.15) is 10.3 Å². The van der Waals surface area contributed by atoms with Gasteiger partial charge in [-0.3, -0.25) is 4.79 Å². The monoisotopic (exact) mass is 356 g/mol. The van der Waals surface area contributed by atoms with Crippen LogP contribution in [0, 0.1) is 13.8 Å². The van der Waals surface area contributed by atoms with Crippen LogP contribution in [0.3, 0.4) is 0 Å². The molecular formula is C12H10Br2N2O. The summed E-state index contributed by atoms with van der Waals surface area (Å²) >= 11 is 6.61. The summed E-state index contributed by atoms with van der Waals surface area (Å²) in [5.74, 6) is 0.598. The Bertz CT molecular complexity index is 635. The van der Waals surface area contributed by atoms with E-state index in [9.17, 15) is 4.79 Å². The van der Waals surface area contributed by atoms with Gasteiger partial charge in [0.2, 0.25) is 0 Å². The number of H-pyrrole nitrogens is 1. The molecule has 1 heterocycles. The van der Waals surface area contributed by atoms with E-state index in [1.807, 2.05) is 25.1 Å². The van der Waals surface area contributed by atoms with Gasteiger partial charge in [0.15, 0.2) is 0 Å². The van der Waals surface area contributed by atoms with Crippen LogP contribution in [0.4, 0.5) is 0 Å². The fourth-order valence-electron chi connectivity index (χ4n) is 1.59. The second-order valence-corrected chi connectivity index (χ2v) is 5.48. The molecule has 5 heteroatoms. The summed E-state index contributed by atoms with van der Waals surface area (Å²) in [5.41, 5.74) is 2.52. The van der Waals surface area contributed by atoms with Crippen LogP contribution in [0.2, 0.25) is 0 Å². The molecule has 0 spiro atoms. The molecule has 17 heavy (non-hydrogen) atoms. The van der Waals surface area contributed by atoms with Gasteiger partial charge in [-0.25, -0.2) is 4.98 Å². The van der Waals surface area contributed by atoms with E-state index >= 15 is 0 Å². The van der Waals surface area contributed by atoms with Crippen molar-refractivity contribution < 1.29 is 0 Å². The highest BCUT2D eigenvalue weighted by atomic mass is 79.9. The molecule has 0 unspecified atom stereocenters. The van der Waals surface area contributed by atoms with Gasteiger partial charge in [0.05, 0.1) is 5.69 Å². The lowest BCUT2D eigenvalue weighted by molar-refractivity contribution is 1.05. The lowest BCUT2D eigenvalue weighted by atomic mass is 10.1. The van der Waals surface area contributed by atoms with Crippen LogP contribution >= 0.6 is 31.9 Å². The Hall–Kier alpha value is -0.940. The van der Waals surface area contributed by atoms with E-state index in [1.54, 1.807) is 6.92 Å². The topological polar surface area (TPSA) is 45.8 Å². The van der Waals surface area contributed by atoms with E-state index < -0.39 is 0 Å². The third-order valence-corrected chi connectivity index (χ3v) is 3.90. The summed E-state index contributed by atoms with van der Waals surface area (Å²) in [6, 6.07) is 5.86. The standard InChI is InChI=1S/C12H10Br2N2O/c1-6-5-8(13)3-4-9(6)11-15-7(2)10(14)12(17)16-11/h3-5H,1-2H3,(H,15,16,17). The highest BCUT2D eigenvalue weighted by molar-refractivity contribution is 9.10. The lowest BCUT2D eigenvalue weighted by Crippen LogP contribution is -2.12. The van der Waals surface area contributed by atoms with Crippen LogP contribution in [0.1, 0.15) is 11.3 Å². The minimum Gasteiger partial charge on any atom is -0.306 e. The second kappa shape index (κ2) is 4.74. The molecule has 0 aliphatic carbocycles. The van der Waals surface area contributed by atoms with Crippen LogP contribution in [-0.4, -0.2) is 9.97 Å². The predicted octanol–water partition coefficient (Wildman–Crippen LogP) is 3.58. The molecule has 0 atom stereocenters. The minimum absolute atomic E-state index is 0.158. The second-order valence-electron chi connectivity index (χ2n) is 3.77. The Kier molecular flexibility index (Phi) is 3.49. The normalized spacial score (nSPS) is 10.6. The number of nitrogens with one attached hydrogen (secondary N) is 1. The largest absolute Gasteiger partial charge is 0.306 e. The molecule has 2 rings (SSSR count). The highest BCUT2D eigenvalue weighted by Gasteiger charge is 2.09. The summed E-state index contributed by atoms with van der Waals surface area (Å²) in [7, 11) is 0. The van der Waals surface area contributed by atoms with Gasteiger partial charge in [0, 0.05) is 10.0 Å². The molecule has 88 valence electrons. The van der Waals surface area contributed by atoms with Crippen molar-refractivity contribution in [1.29, 1.82) is 0 Å². The summed E-state index contributed by atoms with van der Waals surface area (Å²) in [6.07, 6.45) is 0. The fraction of sp³-hybridized carbons (Fsp3) is 0.167. The van der Waals surface area contributed by atoms with Crippen LogP contribution in [-0.2, 0) is 0 Å². The first-order chi connectivity index (χ1) is 7.99. The number of benzene rings is 1. The van der Waals surface area contributed by atoms with Gasteiger partial charge in [-0.05, 0) is 53.5 Å². The number of aromatic nitrogens is 2. The number of nitrogens with zero attached hydrogens (tertiary/aromatic N) is 1. The average molecular weight is 358 g/mol. The van der Waals surface area contributed by atoms with Gasteiger partial charge >= 0.3 is 0 Å². The van der Waals surface area contributed by atoms with Crippen molar-refractivity contribution >= 4 is 31.9 Å². The molecule has 0 bridgehead atoms. The van der Waals surface area contributed by atoms with Gasteiger partial charge in [-0.2, -0.15) is 0 Å². The van der Waals surface area contributed by atoms with Crippen molar-refractivity contribution in [1.82, 2.24) is 9.97 Å². The zero-order valence-corrected chi connectivity index (χ0v) is 12.5. The van der Waals surface area contributed by atoms with Crippen molar-refractivity contribution in [2.45, 2.75) is 13.8 Å². The maximum Gasteiger partial charge on any atom is 0.265 e. The lowest BCUT2D eigenvalue weighted by Gasteiger charge is -2.07. The van der Waals surface area contributed by atoms with Crippen molar-refractivity contribution in [3.05, 3.63) is 48.8 Å². The molecule has 3 nitrogen and oxygen atoms in total. The third-order valence-electron chi connectivity index (χ3n) is 2.47. The molecular weight excluding hydrogens is 348 g/mol. The first-order valence-electron chi connectivity index (χ1n) is 5.02. The Morgan fingerprint density at radius 3 is 2.53 bits per heavy atom. The Labute approximate surface area is 116 Å². The van der Waals surface area contributed by atoms with E-state index in [4.69, 9.17) is 0 Å². The molecule has 0 radical (unpaired) electrons. The van der Waals surface area contributed by atoms with Gasteiger partial charge in [-0.15, -0.1) is 0 Å². The quantitative estimate of drug-likeness (QED) is 0.847. The highest BCUT2D eigenvalue weighted by Crippen LogP contribution is 2.23. The molecule has 0 aliphatic heterocycles. The number of aromatic amines is 1. The molecule has 0 saturated heterocycles. The van der Waals surface area contributed by atoms with Crippen LogP contribution in [0.15, 0.2) is 31.9 Å². The summed E-state index contributed by atoms with van der Waals surface area (Å²) in [4.78, 5) is 18.8. The SMILES string of the molecule is Cc1cc(Br)ccc1-c1nc(C)c(Br)c(=O)[nH]1. The number of hydrogen-bond acceptors (Lipinski definition) is 2.